The summed E-state index contributed by atoms with van der Waals surface area (Å²) < 4.78 is 5.51. The van der Waals surface area contributed by atoms with Gasteiger partial charge in [0.25, 0.3) is 0 Å². The van der Waals surface area contributed by atoms with Crippen LogP contribution in [0.5, 0.6) is 0 Å². The summed E-state index contributed by atoms with van der Waals surface area (Å²) in [5.74, 6) is 0.274. The zero-order valence-electron chi connectivity index (χ0n) is 24.2. The number of aryl methyl sites for hydroxylation is 2. The molecular formula is C32H35N7O. The molecule has 204 valence electrons. The van der Waals surface area contributed by atoms with E-state index in [2.05, 4.69) is 38.0 Å². The Hall–Kier alpha value is -4.59. The second-order valence-corrected chi connectivity index (χ2v) is 10.1. The molecule has 0 aliphatic carbocycles. The zero-order chi connectivity index (χ0) is 28.6. The first-order valence-electron chi connectivity index (χ1n) is 13.8. The first-order valence-corrected chi connectivity index (χ1v) is 13.8. The molecule has 0 saturated heterocycles. The quantitative estimate of drug-likeness (QED) is 0.219. The van der Waals surface area contributed by atoms with E-state index in [-0.39, 0.29) is 18.2 Å². The number of aromatic nitrogens is 7. The number of Topliss-reactive ketones (excluding diaryl/α,β-unsaturated/α-hetero) is 1. The maximum atomic E-state index is 12.8. The van der Waals surface area contributed by atoms with E-state index in [0.29, 0.717) is 5.56 Å². The molecule has 8 heteroatoms. The van der Waals surface area contributed by atoms with Gasteiger partial charge in [0, 0.05) is 52.6 Å². The summed E-state index contributed by atoms with van der Waals surface area (Å²) >= 11 is 0. The third kappa shape index (κ3) is 4.81. The van der Waals surface area contributed by atoms with Gasteiger partial charge in [-0.3, -0.25) is 14.2 Å². The molecule has 6 rings (SSSR count). The van der Waals surface area contributed by atoms with Crippen molar-refractivity contribution in [2.24, 2.45) is 7.05 Å². The maximum absolute atomic E-state index is 12.8. The number of ketones is 1. The summed E-state index contributed by atoms with van der Waals surface area (Å²) in [6.07, 6.45) is 3.93. The monoisotopic (exact) mass is 533 g/mol. The fourth-order valence-corrected chi connectivity index (χ4v) is 5.25. The van der Waals surface area contributed by atoms with Gasteiger partial charge in [0.15, 0.2) is 11.4 Å². The molecular weight excluding hydrogens is 498 g/mol. The molecule has 0 atom stereocenters. The van der Waals surface area contributed by atoms with E-state index in [1.165, 1.54) is 5.56 Å². The minimum atomic E-state index is 0.0247. The van der Waals surface area contributed by atoms with Crippen LogP contribution in [0, 0.1) is 13.8 Å². The summed E-state index contributed by atoms with van der Waals surface area (Å²) in [5.41, 5.74) is 8.22. The predicted molar refractivity (Wildman–Crippen MR) is 160 cm³/mol. The molecule has 0 bridgehead atoms. The van der Waals surface area contributed by atoms with Crippen LogP contribution in [0.25, 0.3) is 38.9 Å². The maximum Gasteiger partial charge on any atom is 0.184 e. The molecule has 0 aliphatic rings. The fraction of sp³-hybridized carbons (Fsp3) is 0.281. The average Bonchev–Trinajstić information content (AvgIpc) is 3.63. The summed E-state index contributed by atoms with van der Waals surface area (Å²) in [6.45, 7) is 12.7. The van der Waals surface area contributed by atoms with Crippen molar-refractivity contribution < 1.29 is 4.79 Å². The van der Waals surface area contributed by atoms with Crippen molar-refractivity contribution in [3.8, 4) is 16.9 Å². The summed E-state index contributed by atoms with van der Waals surface area (Å²) in [4.78, 5) is 17.6. The van der Waals surface area contributed by atoms with Gasteiger partial charge < -0.3 is 0 Å². The molecule has 0 N–H and O–H groups in total. The molecule has 0 amide bonds. The Morgan fingerprint density at radius 3 is 2.40 bits per heavy atom. The van der Waals surface area contributed by atoms with Crippen molar-refractivity contribution in [1.29, 1.82) is 0 Å². The second-order valence-electron chi connectivity index (χ2n) is 10.1. The molecule has 6 aromatic rings. The molecule has 0 aliphatic heterocycles. The number of nitrogens with zero attached hydrogens (tertiary/aromatic N) is 7. The van der Waals surface area contributed by atoms with E-state index in [9.17, 15) is 4.79 Å². The Balaban J connectivity index is 0.00000158. The number of benzene rings is 2. The van der Waals surface area contributed by atoms with Crippen LogP contribution in [0.4, 0.5) is 0 Å². The SMILES string of the molecule is CC.Cc1nc2nn(C)cc2cc1-n1nc(-c2cccc3nn(CC(=O)c4ccccc4)cc23)c(C(C)C)c1C. The average molecular weight is 534 g/mol. The Morgan fingerprint density at radius 2 is 1.68 bits per heavy atom. The molecule has 0 unspecified atom stereocenters. The Bertz CT molecular complexity index is 1820. The highest BCUT2D eigenvalue weighted by Gasteiger charge is 2.23. The molecule has 0 fully saturated rings. The van der Waals surface area contributed by atoms with Crippen LogP contribution >= 0.6 is 0 Å². The van der Waals surface area contributed by atoms with Crippen molar-refractivity contribution in [3.05, 3.63) is 89.5 Å². The standard InChI is InChI=1S/C30H29N7O.C2H6/c1-18(2)28-20(4)37(26-14-22-15-35(5)34-30(22)31-19(26)3)33-29(28)23-12-9-13-25-24(23)16-36(32-25)17-27(38)21-10-7-6-8-11-21;1-2/h6-16,18H,17H2,1-5H3;1-2H3. The molecule has 2 aromatic carbocycles. The minimum absolute atomic E-state index is 0.0247. The Morgan fingerprint density at radius 1 is 0.925 bits per heavy atom. The summed E-state index contributed by atoms with van der Waals surface area (Å²) in [5, 5.41) is 16.3. The van der Waals surface area contributed by atoms with Gasteiger partial charge in [-0.2, -0.15) is 15.3 Å². The molecule has 0 radical (unpaired) electrons. The van der Waals surface area contributed by atoms with Gasteiger partial charge in [0.05, 0.1) is 22.6 Å². The Kier molecular flexibility index (Phi) is 7.34. The van der Waals surface area contributed by atoms with Crippen molar-refractivity contribution in [2.75, 3.05) is 0 Å². The van der Waals surface area contributed by atoms with E-state index in [1.807, 2.05) is 87.4 Å². The lowest BCUT2D eigenvalue weighted by atomic mass is 9.95. The number of pyridine rings is 1. The van der Waals surface area contributed by atoms with E-state index in [4.69, 9.17) is 15.2 Å². The molecule has 0 spiro atoms. The lowest BCUT2D eigenvalue weighted by Gasteiger charge is -2.10. The number of hydrogen-bond acceptors (Lipinski definition) is 5. The van der Waals surface area contributed by atoms with Crippen LogP contribution in [0.3, 0.4) is 0 Å². The molecule has 0 saturated carbocycles. The molecule has 4 heterocycles. The summed E-state index contributed by atoms with van der Waals surface area (Å²) in [7, 11) is 1.90. The number of carbonyl (C=O) groups excluding carboxylic acids is 1. The highest BCUT2D eigenvalue weighted by Crippen LogP contribution is 2.36. The lowest BCUT2D eigenvalue weighted by molar-refractivity contribution is 0.0968. The van der Waals surface area contributed by atoms with Crippen molar-refractivity contribution in [3.63, 3.8) is 0 Å². The van der Waals surface area contributed by atoms with Gasteiger partial charge in [0.2, 0.25) is 0 Å². The smallest absolute Gasteiger partial charge is 0.184 e. The van der Waals surface area contributed by atoms with E-state index < -0.39 is 0 Å². The van der Waals surface area contributed by atoms with Crippen LogP contribution in [0.15, 0.2) is 67.0 Å². The topological polar surface area (TPSA) is 83.4 Å². The number of rotatable bonds is 6. The third-order valence-electron chi connectivity index (χ3n) is 7.00. The van der Waals surface area contributed by atoms with Crippen LogP contribution < -0.4 is 0 Å². The highest BCUT2D eigenvalue weighted by molar-refractivity contribution is 5.97. The number of hydrogen-bond donors (Lipinski definition) is 0. The minimum Gasteiger partial charge on any atom is -0.292 e. The van der Waals surface area contributed by atoms with Gasteiger partial charge in [-0.25, -0.2) is 9.67 Å². The largest absolute Gasteiger partial charge is 0.292 e. The van der Waals surface area contributed by atoms with E-state index in [1.54, 1.807) is 9.36 Å². The van der Waals surface area contributed by atoms with E-state index in [0.717, 1.165) is 50.3 Å². The summed E-state index contributed by atoms with van der Waals surface area (Å²) in [6, 6.07) is 17.5. The predicted octanol–water partition coefficient (Wildman–Crippen LogP) is 6.82. The van der Waals surface area contributed by atoms with Crippen molar-refractivity contribution in [2.45, 2.75) is 54.0 Å². The van der Waals surface area contributed by atoms with E-state index >= 15 is 0 Å². The lowest BCUT2D eigenvalue weighted by Crippen LogP contribution is -2.10. The Labute approximate surface area is 234 Å². The van der Waals surface area contributed by atoms with Crippen LogP contribution in [0.2, 0.25) is 0 Å². The van der Waals surface area contributed by atoms with Crippen molar-refractivity contribution in [1.82, 2.24) is 34.3 Å². The molecule has 40 heavy (non-hydrogen) atoms. The van der Waals surface area contributed by atoms with Crippen LogP contribution in [-0.4, -0.2) is 40.1 Å². The van der Waals surface area contributed by atoms with Gasteiger partial charge in [-0.1, -0.05) is 70.2 Å². The van der Waals surface area contributed by atoms with Gasteiger partial charge in [-0.05, 0) is 31.9 Å². The number of fused-ring (bicyclic) bond motifs is 2. The van der Waals surface area contributed by atoms with Gasteiger partial charge in [-0.15, -0.1) is 0 Å². The number of carbonyl (C=O) groups is 1. The zero-order valence-corrected chi connectivity index (χ0v) is 24.2. The van der Waals surface area contributed by atoms with Crippen LogP contribution in [-0.2, 0) is 13.6 Å². The van der Waals surface area contributed by atoms with Crippen molar-refractivity contribution >= 4 is 27.7 Å². The fourth-order valence-electron chi connectivity index (χ4n) is 5.25. The third-order valence-corrected chi connectivity index (χ3v) is 7.00. The van der Waals surface area contributed by atoms with Crippen LogP contribution in [0.1, 0.15) is 60.9 Å². The first kappa shape index (κ1) is 27.0. The highest BCUT2D eigenvalue weighted by atomic mass is 16.1. The van der Waals surface area contributed by atoms with Gasteiger partial charge >= 0.3 is 0 Å². The molecule has 8 nitrogen and oxygen atoms in total. The molecule has 4 aromatic heterocycles. The second kappa shape index (κ2) is 10.9. The normalized spacial score (nSPS) is 11.3. The van der Waals surface area contributed by atoms with Gasteiger partial charge in [0.1, 0.15) is 6.54 Å². The first-order chi connectivity index (χ1) is 19.3.